The minimum atomic E-state index is -1.58. The number of fused-ring (bicyclic) bond motifs is 2. The van der Waals surface area contributed by atoms with Gasteiger partial charge >= 0.3 is 0 Å². The van der Waals surface area contributed by atoms with Crippen molar-refractivity contribution < 1.29 is 19.0 Å². The number of hydrogen-bond acceptors (Lipinski definition) is 5. The van der Waals surface area contributed by atoms with Gasteiger partial charge in [0, 0.05) is 34.1 Å². The highest BCUT2D eigenvalue weighted by Crippen LogP contribution is 2.58. The maximum Gasteiger partial charge on any atom is 0.264 e. The first-order valence-electron chi connectivity index (χ1n) is 12.8. The molecule has 1 amide bonds. The van der Waals surface area contributed by atoms with Crippen LogP contribution < -0.4 is 4.90 Å². The molecule has 3 heterocycles. The van der Waals surface area contributed by atoms with Crippen LogP contribution >= 0.6 is 22.6 Å². The maximum absolute atomic E-state index is 15.8. The number of carbonyl (C=O) groups is 1. The van der Waals surface area contributed by atoms with Crippen molar-refractivity contribution >= 4 is 34.2 Å². The Morgan fingerprint density at radius 2 is 2.03 bits per heavy atom. The molecule has 0 bridgehead atoms. The molecule has 1 aromatic heterocycles. The molecule has 0 aliphatic carbocycles. The third-order valence-corrected chi connectivity index (χ3v) is 8.50. The van der Waals surface area contributed by atoms with Crippen LogP contribution in [0.2, 0.25) is 0 Å². The van der Waals surface area contributed by atoms with Gasteiger partial charge in [-0.05, 0) is 66.6 Å². The van der Waals surface area contributed by atoms with Crippen molar-refractivity contribution in [2.75, 3.05) is 11.4 Å². The topological polar surface area (TPSA) is 80.5 Å². The van der Waals surface area contributed by atoms with E-state index in [-0.39, 0.29) is 5.91 Å². The average molecular weight is 631 g/mol. The first kappa shape index (κ1) is 27.0. The Labute approximate surface area is 235 Å². The number of benzene rings is 2. The summed E-state index contributed by atoms with van der Waals surface area (Å²) in [6.07, 6.45) is 2.40. The largest absolute Gasteiger partial charge is 0.382 e. The molecule has 0 unspecified atom stereocenters. The summed E-state index contributed by atoms with van der Waals surface area (Å²) in [6.45, 7) is 9.62. The highest BCUT2D eigenvalue weighted by Gasteiger charge is 2.66. The highest BCUT2D eigenvalue weighted by molar-refractivity contribution is 14.1. The zero-order valence-electron chi connectivity index (χ0n) is 21.7. The molecule has 1 spiro atoms. The van der Waals surface area contributed by atoms with Crippen molar-refractivity contribution in [2.45, 2.75) is 57.2 Å². The molecule has 200 valence electrons. The predicted octanol–water partition coefficient (Wildman–Crippen LogP) is 5.18. The molecular weight excluding hydrogens is 598 g/mol. The molecule has 2 aromatic carbocycles. The van der Waals surface area contributed by atoms with Gasteiger partial charge in [0.05, 0.1) is 18.0 Å². The van der Waals surface area contributed by atoms with Gasteiger partial charge in [0.15, 0.2) is 5.60 Å². The van der Waals surface area contributed by atoms with Crippen LogP contribution in [-0.2, 0) is 21.7 Å². The number of anilines is 1. The van der Waals surface area contributed by atoms with E-state index >= 15 is 4.39 Å². The standard InChI is InChI=1S/C29H32FIN4O3/c1-5-14-35-23-12-11-20(31)16-21(23)29(27(35)37)18(2)25(28(3,4)30)24(38-29)13-15-34-17-22(32-33-34)26(36)19-9-7-6-8-10-19/h5-12,16-18,24-26,36H,1,13-15H2,2-4H3/t18-,24+,25-,26+,29+/m0/s1. The number of aromatic nitrogens is 3. The van der Waals surface area contributed by atoms with Crippen LogP contribution in [0.3, 0.4) is 0 Å². The summed E-state index contributed by atoms with van der Waals surface area (Å²) < 4.78 is 25.1. The maximum atomic E-state index is 15.8. The molecular formula is C29H32FIN4O3. The van der Waals surface area contributed by atoms with Gasteiger partial charge in [-0.2, -0.15) is 0 Å². The number of alkyl halides is 1. The Bertz CT molecular complexity index is 1340. The predicted molar refractivity (Wildman–Crippen MR) is 151 cm³/mol. The third-order valence-electron chi connectivity index (χ3n) is 7.83. The van der Waals surface area contributed by atoms with Gasteiger partial charge in [0.25, 0.3) is 5.91 Å². The number of hydrogen-bond donors (Lipinski definition) is 1. The van der Waals surface area contributed by atoms with E-state index in [2.05, 4.69) is 39.5 Å². The molecule has 0 saturated carbocycles. The van der Waals surface area contributed by atoms with Crippen LogP contribution in [0, 0.1) is 15.4 Å². The average Bonchev–Trinajstić information content (AvgIpc) is 3.54. The third kappa shape index (κ3) is 4.48. The van der Waals surface area contributed by atoms with Crippen LogP contribution in [0.1, 0.15) is 50.1 Å². The number of aliphatic hydroxyl groups excluding tert-OH is 1. The number of aryl methyl sites for hydroxylation is 1. The van der Waals surface area contributed by atoms with Gasteiger partial charge in [-0.25, -0.2) is 4.39 Å². The quantitative estimate of drug-likeness (QED) is 0.274. The summed E-state index contributed by atoms with van der Waals surface area (Å²) in [5.41, 5.74) is -0.117. The molecule has 7 nitrogen and oxygen atoms in total. The number of carbonyl (C=O) groups excluding carboxylic acids is 1. The lowest BCUT2D eigenvalue weighted by Gasteiger charge is -2.32. The number of aliphatic hydroxyl groups is 1. The second-order valence-corrected chi connectivity index (χ2v) is 11.9. The van der Waals surface area contributed by atoms with E-state index < -0.39 is 35.3 Å². The monoisotopic (exact) mass is 630 g/mol. The second kappa shape index (κ2) is 10.2. The van der Waals surface area contributed by atoms with E-state index in [4.69, 9.17) is 4.74 Å². The van der Waals surface area contributed by atoms with Crippen LogP contribution in [0.25, 0.3) is 0 Å². The molecule has 38 heavy (non-hydrogen) atoms. The summed E-state index contributed by atoms with van der Waals surface area (Å²) >= 11 is 2.23. The number of amides is 1. The summed E-state index contributed by atoms with van der Waals surface area (Å²) in [6, 6.07) is 15.1. The minimum absolute atomic E-state index is 0.173. The van der Waals surface area contributed by atoms with Crippen molar-refractivity contribution in [1.29, 1.82) is 0 Å². The molecule has 0 radical (unpaired) electrons. The number of rotatable bonds is 8. The van der Waals surface area contributed by atoms with E-state index in [1.165, 1.54) is 0 Å². The molecule has 5 rings (SSSR count). The fraction of sp³-hybridized carbons (Fsp3) is 0.414. The molecule has 1 fully saturated rings. The van der Waals surface area contributed by atoms with Crippen molar-refractivity contribution in [3.63, 3.8) is 0 Å². The minimum Gasteiger partial charge on any atom is -0.382 e. The van der Waals surface area contributed by atoms with Crippen LogP contribution in [0.5, 0.6) is 0 Å². The molecule has 5 atom stereocenters. The number of halogens is 2. The summed E-state index contributed by atoms with van der Waals surface area (Å²) in [7, 11) is 0. The lowest BCUT2D eigenvalue weighted by Crippen LogP contribution is -2.45. The van der Waals surface area contributed by atoms with E-state index in [1.54, 1.807) is 35.7 Å². The van der Waals surface area contributed by atoms with Gasteiger partial charge in [0.1, 0.15) is 17.5 Å². The normalized spacial score (nSPS) is 25.7. The second-order valence-electron chi connectivity index (χ2n) is 10.6. The first-order valence-corrected chi connectivity index (χ1v) is 13.9. The van der Waals surface area contributed by atoms with Crippen LogP contribution in [-0.4, -0.2) is 44.3 Å². The van der Waals surface area contributed by atoms with Gasteiger partial charge in [0.2, 0.25) is 0 Å². The molecule has 1 saturated heterocycles. The Morgan fingerprint density at radius 3 is 2.71 bits per heavy atom. The zero-order chi connectivity index (χ0) is 27.2. The van der Waals surface area contributed by atoms with Crippen molar-refractivity contribution in [2.24, 2.45) is 11.8 Å². The number of nitrogens with zero attached hydrogens (tertiary/aromatic N) is 4. The summed E-state index contributed by atoms with van der Waals surface area (Å²) in [5, 5.41) is 19.0. The summed E-state index contributed by atoms with van der Waals surface area (Å²) in [5.74, 6) is -1.11. The summed E-state index contributed by atoms with van der Waals surface area (Å²) in [4.78, 5) is 15.7. The van der Waals surface area contributed by atoms with E-state index in [1.807, 2.05) is 55.5 Å². The van der Waals surface area contributed by atoms with Crippen molar-refractivity contribution in [3.8, 4) is 0 Å². The Balaban J connectivity index is 1.43. The van der Waals surface area contributed by atoms with E-state index in [0.717, 1.165) is 20.4 Å². The number of ether oxygens (including phenoxy) is 1. The van der Waals surface area contributed by atoms with Crippen LogP contribution in [0.15, 0.2) is 67.4 Å². The molecule has 2 aliphatic rings. The molecule has 3 aromatic rings. The van der Waals surface area contributed by atoms with Gasteiger partial charge in [-0.15, -0.1) is 11.7 Å². The Kier molecular flexibility index (Phi) is 7.21. The lowest BCUT2D eigenvalue weighted by molar-refractivity contribution is -0.146. The fourth-order valence-corrected chi connectivity index (χ4v) is 6.70. The zero-order valence-corrected chi connectivity index (χ0v) is 23.9. The molecule has 1 N–H and O–H groups in total. The SMILES string of the molecule is C=CCN1C(=O)[C@]2(O[C@H](CCn3cc([C@H](O)c4ccccc4)nn3)[C@@H](C(C)(C)F)[C@@H]2C)c2cc(I)ccc21. The highest BCUT2D eigenvalue weighted by atomic mass is 127. The van der Waals surface area contributed by atoms with Gasteiger partial charge in [-0.1, -0.05) is 48.5 Å². The van der Waals surface area contributed by atoms with Crippen LogP contribution in [0.4, 0.5) is 10.1 Å². The fourth-order valence-electron chi connectivity index (χ4n) is 6.21. The van der Waals surface area contributed by atoms with Crippen molar-refractivity contribution in [1.82, 2.24) is 15.0 Å². The Morgan fingerprint density at radius 1 is 1.29 bits per heavy atom. The van der Waals surface area contributed by atoms with Gasteiger partial charge in [-0.3, -0.25) is 9.48 Å². The van der Waals surface area contributed by atoms with E-state index in [9.17, 15) is 9.90 Å². The van der Waals surface area contributed by atoms with Crippen molar-refractivity contribution in [3.05, 3.63) is 87.8 Å². The molecule has 9 heteroatoms. The smallest absolute Gasteiger partial charge is 0.264 e. The van der Waals surface area contributed by atoms with E-state index in [0.29, 0.717) is 25.2 Å². The Hall–Kier alpha value is -2.63. The first-order chi connectivity index (χ1) is 18.1. The van der Waals surface area contributed by atoms with Gasteiger partial charge < -0.3 is 14.7 Å². The molecule has 2 aliphatic heterocycles. The lowest BCUT2D eigenvalue weighted by atomic mass is 9.71.